The molecule has 1 saturated heterocycles. The minimum absolute atomic E-state index is 0.243. The fourth-order valence-corrected chi connectivity index (χ4v) is 2.77. The largest absolute Gasteiger partial charge is 0.461 e. The Morgan fingerprint density at radius 1 is 1.25 bits per heavy atom. The number of hydrogen-bond acceptors (Lipinski definition) is 4. The number of cyclic esters (lactones) is 1. The molecule has 0 aromatic rings. The fraction of sp³-hybridized carbons (Fsp3) is 0.824. The molecular formula is C17H30ClN3O3. The van der Waals surface area contributed by atoms with Gasteiger partial charge in [-0.2, -0.15) is 0 Å². The number of carbonyl (C=O) groups is 2. The predicted molar refractivity (Wildman–Crippen MR) is 95.8 cm³/mol. The van der Waals surface area contributed by atoms with Crippen molar-refractivity contribution in [1.82, 2.24) is 10.2 Å². The first-order chi connectivity index (χ1) is 12.8. The zero-order chi connectivity index (χ0) is 20.3. The zero-order valence-corrected chi connectivity index (χ0v) is 15.1. The highest BCUT2D eigenvalue weighted by atomic mass is 35.5. The summed E-state index contributed by atoms with van der Waals surface area (Å²) < 4.78 is 31.7. The minimum atomic E-state index is -2.70. The van der Waals surface area contributed by atoms with Gasteiger partial charge in [-0.15, -0.1) is 4.51 Å². The van der Waals surface area contributed by atoms with Gasteiger partial charge >= 0.3 is 5.97 Å². The standard InChI is InChI=1S/C17H30ClN3O3/c1-3-14-11-9-7-5-4-6-8-10-12-15(22)19-17(20-18)21(2)13-16(23)24-14/h14H,3-13H2,1-2H3,(H,19,20,22)/i2D3. The molecule has 138 valence electrons. The molecule has 1 N–H and O–H groups in total. The molecule has 1 fully saturated rings. The molecule has 1 aliphatic heterocycles. The molecule has 0 radical (unpaired) electrons. The number of esters is 1. The summed E-state index contributed by atoms with van der Waals surface area (Å²) in [4.78, 5) is 25.0. The number of hydrogen-bond donors (Lipinski definition) is 1. The van der Waals surface area contributed by atoms with Crippen molar-refractivity contribution in [2.24, 2.45) is 4.51 Å². The number of amides is 1. The van der Waals surface area contributed by atoms with E-state index in [4.69, 9.17) is 20.6 Å². The predicted octanol–water partition coefficient (Wildman–Crippen LogP) is 3.39. The number of likely N-dealkylation sites (N-methyl/N-ethyl adjacent to an activating group) is 1. The first-order valence-electron chi connectivity index (χ1n) is 10.2. The van der Waals surface area contributed by atoms with Gasteiger partial charge in [0.15, 0.2) is 0 Å². The number of rotatable bonds is 1. The average molecular weight is 363 g/mol. The Hall–Kier alpha value is -1.30. The van der Waals surface area contributed by atoms with E-state index in [9.17, 15) is 9.59 Å². The number of guanidine groups is 1. The Morgan fingerprint density at radius 2 is 1.92 bits per heavy atom. The lowest BCUT2D eigenvalue weighted by molar-refractivity contribution is -0.149. The maximum absolute atomic E-state index is 12.3. The second kappa shape index (κ2) is 12.1. The molecule has 24 heavy (non-hydrogen) atoms. The van der Waals surface area contributed by atoms with Gasteiger partial charge < -0.3 is 9.64 Å². The molecule has 1 heterocycles. The molecule has 1 aliphatic rings. The first kappa shape index (κ1) is 16.2. The SMILES string of the molecule is [2H]C([2H])([2H])N1CC(=O)OC(CC)CCCCCCCCCC(=O)NC1=NCl. The van der Waals surface area contributed by atoms with Gasteiger partial charge in [0.1, 0.15) is 12.6 Å². The molecule has 1 unspecified atom stereocenters. The van der Waals surface area contributed by atoms with E-state index in [0.29, 0.717) is 17.7 Å². The van der Waals surface area contributed by atoms with Crippen molar-refractivity contribution in [3.05, 3.63) is 0 Å². The molecule has 0 aliphatic carbocycles. The van der Waals surface area contributed by atoms with Crippen LogP contribution in [-0.4, -0.2) is 42.4 Å². The van der Waals surface area contributed by atoms with Crippen LogP contribution >= 0.6 is 11.8 Å². The molecule has 0 bridgehead atoms. The number of nitrogens with one attached hydrogen (secondary N) is 1. The third-order valence-corrected chi connectivity index (χ3v) is 4.22. The van der Waals surface area contributed by atoms with Crippen molar-refractivity contribution < 1.29 is 18.4 Å². The van der Waals surface area contributed by atoms with Crippen molar-refractivity contribution in [2.45, 2.75) is 77.2 Å². The molecule has 0 spiro atoms. The molecule has 1 atom stereocenters. The molecule has 7 heteroatoms. The van der Waals surface area contributed by atoms with E-state index in [-0.39, 0.29) is 24.4 Å². The van der Waals surface area contributed by atoms with E-state index in [0.717, 1.165) is 44.9 Å². The van der Waals surface area contributed by atoms with E-state index in [1.807, 2.05) is 6.92 Å². The van der Waals surface area contributed by atoms with Crippen molar-refractivity contribution in [2.75, 3.05) is 13.5 Å². The summed E-state index contributed by atoms with van der Waals surface area (Å²) >= 11 is 5.50. The van der Waals surface area contributed by atoms with Gasteiger partial charge in [-0.1, -0.05) is 39.0 Å². The van der Waals surface area contributed by atoms with Crippen molar-refractivity contribution in [3.63, 3.8) is 0 Å². The van der Waals surface area contributed by atoms with E-state index in [1.165, 1.54) is 0 Å². The molecule has 6 nitrogen and oxygen atoms in total. The van der Waals surface area contributed by atoms with Gasteiger partial charge in [0.2, 0.25) is 11.9 Å². The highest BCUT2D eigenvalue weighted by Crippen LogP contribution is 2.14. The van der Waals surface area contributed by atoms with Crippen LogP contribution in [0.1, 0.15) is 75.2 Å². The summed E-state index contributed by atoms with van der Waals surface area (Å²) in [6, 6.07) is 0. The summed E-state index contributed by atoms with van der Waals surface area (Å²) in [5, 5.41) is 2.40. The average Bonchev–Trinajstić information content (AvgIpc) is 2.60. The van der Waals surface area contributed by atoms with Crippen LogP contribution in [0, 0.1) is 0 Å². The van der Waals surface area contributed by atoms with Crippen LogP contribution < -0.4 is 5.32 Å². The number of carbonyl (C=O) groups excluding carboxylic acids is 2. The highest BCUT2D eigenvalue weighted by molar-refractivity contribution is 6.20. The van der Waals surface area contributed by atoms with E-state index < -0.39 is 19.5 Å². The third-order valence-electron chi connectivity index (χ3n) is 4.06. The second-order valence-electron chi connectivity index (χ2n) is 6.08. The summed E-state index contributed by atoms with van der Waals surface area (Å²) in [6.45, 7) is -1.35. The van der Waals surface area contributed by atoms with Crippen LogP contribution in [-0.2, 0) is 14.3 Å². The molecule has 1 rings (SSSR count). The van der Waals surface area contributed by atoms with Gasteiger partial charge in [-0.05, 0) is 25.7 Å². The van der Waals surface area contributed by atoms with Crippen molar-refractivity contribution in [3.8, 4) is 0 Å². The lowest BCUT2D eigenvalue weighted by Gasteiger charge is -2.22. The van der Waals surface area contributed by atoms with Crippen LogP contribution in [0.2, 0.25) is 0 Å². The van der Waals surface area contributed by atoms with E-state index in [2.05, 4.69) is 9.83 Å². The van der Waals surface area contributed by atoms with E-state index in [1.54, 1.807) is 0 Å². The lowest BCUT2D eigenvalue weighted by Crippen LogP contribution is -2.44. The van der Waals surface area contributed by atoms with Gasteiger partial charge in [-0.25, -0.2) is 0 Å². The molecule has 0 aromatic carbocycles. The molecule has 0 saturated carbocycles. The quantitative estimate of drug-likeness (QED) is 0.726. The third kappa shape index (κ3) is 8.52. The van der Waals surface area contributed by atoms with Crippen molar-refractivity contribution >= 4 is 29.6 Å². The smallest absolute Gasteiger partial charge is 0.325 e. The van der Waals surface area contributed by atoms with Crippen LogP contribution in [0.3, 0.4) is 0 Å². The minimum Gasteiger partial charge on any atom is -0.461 e. The second-order valence-corrected chi connectivity index (χ2v) is 6.25. The molecule has 0 aromatic heterocycles. The summed E-state index contributed by atoms with van der Waals surface area (Å²) in [5.74, 6) is -1.43. The topological polar surface area (TPSA) is 71.0 Å². The monoisotopic (exact) mass is 362 g/mol. The van der Waals surface area contributed by atoms with Crippen LogP contribution in [0.4, 0.5) is 0 Å². The Morgan fingerprint density at radius 3 is 2.54 bits per heavy atom. The summed E-state index contributed by atoms with van der Waals surface area (Å²) in [5.41, 5.74) is 0. The summed E-state index contributed by atoms with van der Waals surface area (Å²) in [6.07, 6.45) is 8.35. The zero-order valence-electron chi connectivity index (χ0n) is 17.4. The Bertz CT molecular complexity index is 515. The highest BCUT2D eigenvalue weighted by Gasteiger charge is 2.18. The van der Waals surface area contributed by atoms with Gasteiger partial charge in [-0.3, -0.25) is 14.9 Å². The maximum Gasteiger partial charge on any atom is 0.325 e. The van der Waals surface area contributed by atoms with Crippen molar-refractivity contribution in [1.29, 1.82) is 0 Å². The van der Waals surface area contributed by atoms with Gasteiger partial charge in [0.05, 0.1) is 0 Å². The van der Waals surface area contributed by atoms with Crippen LogP contribution in [0.5, 0.6) is 0 Å². The first-order valence-corrected chi connectivity index (χ1v) is 9.07. The summed E-state index contributed by atoms with van der Waals surface area (Å²) in [7, 11) is 0. The fourth-order valence-electron chi connectivity index (χ4n) is 2.64. The van der Waals surface area contributed by atoms with E-state index >= 15 is 0 Å². The Labute approximate surface area is 154 Å². The number of halogens is 1. The maximum atomic E-state index is 12.3. The van der Waals surface area contributed by atoms with Gasteiger partial charge in [0.25, 0.3) is 0 Å². The van der Waals surface area contributed by atoms with Crippen LogP contribution in [0.15, 0.2) is 4.51 Å². The normalized spacial score (nSPS) is 27.4. The molecular weight excluding hydrogens is 330 g/mol. The van der Waals surface area contributed by atoms with Crippen LogP contribution in [0.25, 0.3) is 0 Å². The van der Waals surface area contributed by atoms with Gasteiger partial charge in [0, 0.05) is 29.3 Å². The molecule has 1 amide bonds. The lowest BCUT2D eigenvalue weighted by atomic mass is 10.0. The Balaban J connectivity index is 2.92. The Kier molecular flexibility index (Phi) is 8.17. The number of ether oxygens (including phenoxy) is 1. The number of nitrogens with zero attached hydrogens (tertiary/aromatic N) is 2.